The summed E-state index contributed by atoms with van der Waals surface area (Å²) >= 11 is 11.7. The van der Waals surface area contributed by atoms with Crippen LogP contribution < -0.4 is 0 Å². The van der Waals surface area contributed by atoms with Crippen LogP contribution in [0.15, 0.2) is 17.5 Å². The zero-order valence-electron chi connectivity index (χ0n) is 6.61. The van der Waals surface area contributed by atoms with Crippen LogP contribution in [-0.2, 0) is 6.42 Å². The Labute approximate surface area is 85.1 Å². The van der Waals surface area contributed by atoms with Crippen molar-refractivity contribution in [3.05, 3.63) is 38.4 Å². The summed E-state index contributed by atoms with van der Waals surface area (Å²) in [6.45, 7) is 0.347. The van der Waals surface area contributed by atoms with Crippen molar-refractivity contribution in [2.24, 2.45) is 5.11 Å². The van der Waals surface area contributed by atoms with Crippen molar-refractivity contribution >= 4 is 23.2 Å². The summed E-state index contributed by atoms with van der Waals surface area (Å²) in [5, 5.41) is 4.39. The molecule has 0 aliphatic heterocycles. The summed E-state index contributed by atoms with van der Waals surface area (Å²) < 4.78 is 0. The molecule has 0 aliphatic carbocycles. The van der Waals surface area contributed by atoms with Gasteiger partial charge in [-0.05, 0) is 17.5 Å². The van der Waals surface area contributed by atoms with Crippen LogP contribution in [0.2, 0.25) is 10.0 Å². The number of halogens is 2. The first-order valence-corrected chi connectivity index (χ1v) is 4.30. The number of aromatic nitrogens is 1. The second-order valence-corrected chi connectivity index (χ2v) is 3.10. The highest BCUT2D eigenvalue weighted by Gasteiger charge is 2.04. The highest BCUT2D eigenvalue weighted by atomic mass is 35.5. The largest absolute Gasteiger partial charge is 0.262 e. The summed E-state index contributed by atoms with van der Waals surface area (Å²) in [6, 6.07) is 0. The molecule has 0 radical (unpaired) electrons. The number of rotatable bonds is 3. The molecule has 0 saturated heterocycles. The van der Waals surface area contributed by atoms with Crippen molar-refractivity contribution in [1.82, 2.24) is 4.98 Å². The van der Waals surface area contributed by atoms with E-state index < -0.39 is 0 Å². The van der Waals surface area contributed by atoms with Gasteiger partial charge in [0, 0.05) is 23.9 Å². The Morgan fingerprint density at radius 3 is 2.54 bits per heavy atom. The van der Waals surface area contributed by atoms with Gasteiger partial charge in [-0.2, -0.15) is 0 Å². The average molecular weight is 217 g/mol. The smallest absolute Gasteiger partial charge is 0.0636 e. The van der Waals surface area contributed by atoms with Crippen LogP contribution in [0.3, 0.4) is 0 Å². The van der Waals surface area contributed by atoms with E-state index in [0.717, 1.165) is 5.56 Å². The van der Waals surface area contributed by atoms with Crippen molar-refractivity contribution in [3.63, 3.8) is 0 Å². The van der Waals surface area contributed by atoms with E-state index in [4.69, 9.17) is 28.7 Å². The SMILES string of the molecule is [N-]=[N+]=NCCc1c(Cl)cncc1Cl. The molecular formula is C7H6Cl2N4. The van der Waals surface area contributed by atoms with Gasteiger partial charge in [0.15, 0.2) is 0 Å². The minimum Gasteiger partial charge on any atom is -0.262 e. The molecule has 4 nitrogen and oxygen atoms in total. The Morgan fingerprint density at radius 2 is 2.00 bits per heavy atom. The van der Waals surface area contributed by atoms with Gasteiger partial charge in [0.05, 0.1) is 10.0 Å². The summed E-state index contributed by atoms with van der Waals surface area (Å²) in [5.41, 5.74) is 8.83. The molecule has 0 spiro atoms. The van der Waals surface area contributed by atoms with Crippen LogP contribution in [0, 0.1) is 0 Å². The Hall–Kier alpha value is -0.960. The molecule has 0 aromatic carbocycles. The fraction of sp³-hybridized carbons (Fsp3) is 0.286. The molecule has 1 rings (SSSR count). The normalized spacial score (nSPS) is 9.38. The Morgan fingerprint density at radius 1 is 1.38 bits per heavy atom. The van der Waals surface area contributed by atoms with Gasteiger partial charge in [-0.25, -0.2) is 0 Å². The molecule has 0 aliphatic rings. The zero-order valence-corrected chi connectivity index (χ0v) is 8.13. The van der Waals surface area contributed by atoms with Crippen LogP contribution in [0.4, 0.5) is 0 Å². The Balaban J connectivity index is 2.80. The number of pyridine rings is 1. The number of azide groups is 1. The maximum atomic E-state index is 8.06. The van der Waals surface area contributed by atoms with Crippen molar-refractivity contribution in [2.75, 3.05) is 6.54 Å². The first kappa shape index (κ1) is 10.1. The Kier molecular flexibility index (Phi) is 3.83. The molecule has 1 aromatic rings. The molecule has 6 heteroatoms. The molecule has 0 bridgehead atoms. The third-order valence-electron chi connectivity index (χ3n) is 1.48. The summed E-state index contributed by atoms with van der Waals surface area (Å²) in [5.74, 6) is 0. The third-order valence-corrected chi connectivity index (χ3v) is 2.13. The summed E-state index contributed by atoms with van der Waals surface area (Å²) in [7, 11) is 0. The van der Waals surface area contributed by atoms with E-state index in [1.54, 1.807) is 0 Å². The first-order chi connectivity index (χ1) is 6.25. The molecule has 0 atom stereocenters. The van der Waals surface area contributed by atoms with Gasteiger partial charge < -0.3 is 0 Å². The van der Waals surface area contributed by atoms with Gasteiger partial charge in [-0.1, -0.05) is 28.3 Å². The lowest BCUT2D eigenvalue weighted by molar-refractivity contribution is 0.952. The second kappa shape index (κ2) is 4.92. The summed E-state index contributed by atoms with van der Waals surface area (Å²) in [6.07, 6.45) is 3.56. The molecule has 0 amide bonds. The second-order valence-electron chi connectivity index (χ2n) is 2.29. The fourth-order valence-electron chi connectivity index (χ4n) is 0.883. The van der Waals surface area contributed by atoms with Crippen molar-refractivity contribution in [2.45, 2.75) is 6.42 Å². The van der Waals surface area contributed by atoms with Crippen LogP contribution in [-0.4, -0.2) is 11.5 Å². The lowest BCUT2D eigenvalue weighted by Gasteiger charge is -2.02. The van der Waals surface area contributed by atoms with E-state index in [2.05, 4.69) is 15.0 Å². The zero-order chi connectivity index (χ0) is 9.68. The standard InChI is InChI=1S/C7H6Cl2N4/c8-6-3-11-4-7(9)5(6)1-2-12-13-10/h3-4H,1-2H2. The minimum absolute atomic E-state index is 0.347. The van der Waals surface area contributed by atoms with E-state index in [0.29, 0.717) is 23.0 Å². The maximum Gasteiger partial charge on any atom is 0.0636 e. The predicted molar refractivity (Wildman–Crippen MR) is 52.0 cm³/mol. The van der Waals surface area contributed by atoms with E-state index in [1.165, 1.54) is 12.4 Å². The van der Waals surface area contributed by atoms with Gasteiger partial charge >= 0.3 is 0 Å². The van der Waals surface area contributed by atoms with E-state index in [1.807, 2.05) is 0 Å². The first-order valence-electron chi connectivity index (χ1n) is 3.54. The van der Waals surface area contributed by atoms with Crippen LogP contribution in [0.1, 0.15) is 5.56 Å². The maximum absolute atomic E-state index is 8.06. The quantitative estimate of drug-likeness (QED) is 0.435. The number of nitrogens with zero attached hydrogens (tertiary/aromatic N) is 4. The minimum atomic E-state index is 0.347. The van der Waals surface area contributed by atoms with Gasteiger partial charge in [0.25, 0.3) is 0 Å². The topological polar surface area (TPSA) is 61.7 Å². The van der Waals surface area contributed by atoms with Crippen LogP contribution in [0.25, 0.3) is 10.4 Å². The molecular weight excluding hydrogens is 211 g/mol. The molecule has 68 valence electrons. The lowest BCUT2D eigenvalue weighted by atomic mass is 10.2. The fourth-order valence-corrected chi connectivity index (χ4v) is 1.44. The van der Waals surface area contributed by atoms with Crippen LogP contribution >= 0.6 is 23.2 Å². The molecule has 13 heavy (non-hydrogen) atoms. The third kappa shape index (κ3) is 2.77. The predicted octanol–water partition coefficient (Wildman–Crippen LogP) is 3.24. The van der Waals surface area contributed by atoms with Gasteiger partial charge in [-0.3, -0.25) is 4.98 Å². The molecule has 0 unspecified atom stereocenters. The monoisotopic (exact) mass is 216 g/mol. The number of hydrogen-bond acceptors (Lipinski definition) is 2. The van der Waals surface area contributed by atoms with Crippen molar-refractivity contribution in [1.29, 1.82) is 0 Å². The highest BCUT2D eigenvalue weighted by molar-refractivity contribution is 6.35. The molecule has 0 fully saturated rings. The lowest BCUT2D eigenvalue weighted by Crippen LogP contribution is -1.92. The number of hydrogen-bond donors (Lipinski definition) is 0. The van der Waals surface area contributed by atoms with Crippen molar-refractivity contribution in [3.8, 4) is 0 Å². The molecule has 0 N–H and O–H groups in total. The molecule has 1 heterocycles. The highest BCUT2D eigenvalue weighted by Crippen LogP contribution is 2.23. The van der Waals surface area contributed by atoms with E-state index >= 15 is 0 Å². The van der Waals surface area contributed by atoms with E-state index in [9.17, 15) is 0 Å². The average Bonchev–Trinajstić information content (AvgIpc) is 2.10. The van der Waals surface area contributed by atoms with Crippen LogP contribution in [0.5, 0.6) is 0 Å². The Bertz CT molecular complexity index is 326. The van der Waals surface area contributed by atoms with Crippen molar-refractivity contribution < 1.29 is 0 Å². The van der Waals surface area contributed by atoms with E-state index in [-0.39, 0.29) is 0 Å². The van der Waals surface area contributed by atoms with Gasteiger partial charge in [0.1, 0.15) is 0 Å². The van der Waals surface area contributed by atoms with Gasteiger partial charge in [-0.15, -0.1) is 0 Å². The molecule has 0 saturated carbocycles. The summed E-state index contributed by atoms with van der Waals surface area (Å²) in [4.78, 5) is 6.44. The van der Waals surface area contributed by atoms with Gasteiger partial charge in [0.2, 0.25) is 0 Å². The molecule has 1 aromatic heterocycles.